The van der Waals surface area contributed by atoms with Crippen molar-refractivity contribution in [1.82, 2.24) is 0 Å². The maximum atomic E-state index is 12.6. The summed E-state index contributed by atoms with van der Waals surface area (Å²) >= 11 is 0. The van der Waals surface area contributed by atoms with Crippen LogP contribution in [0.2, 0.25) is 0 Å². The average Bonchev–Trinajstić information content (AvgIpc) is 3.05. The molecule has 37 heavy (non-hydrogen) atoms. The molecule has 4 aliphatic rings. The summed E-state index contributed by atoms with van der Waals surface area (Å²) in [6.07, 6.45) is 6.22. The van der Waals surface area contributed by atoms with Crippen molar-refractivity contribution in [3.05, 3.63) is 22.8 Å². The third kappa shape index (κ3) is 4.40. The van der Waals surface area contributed by atoms with Gasteiger partial charge in [-0.1, -0.05) is 39.3 Å². The molecule has 6 nitrogen and oxygen atoms in total. The molecule has 0 aromatic heterocycles. The van der Waals surface area contributed by atoms with E-state index in [-0.39, 0.29) is 40.1 Å². The number of ether oxygens (including phenoxy) is 1. The van der Waals surface area contributed by atoms with Gasteiger partial charge < -0.3 is 20.1 Å². The quantitative estimate of drug-likeness (QED) is 0.247. The number of carbonyl (C=O) groups is 2. The smallest absolute Gasteiger partial charge is 0.331 e. The van der Waals surface area contributed by atoms with E-state index in [2.05, 4.69) is 27.7 Å². The van der Waals surface area contributed by atoms with Crippen LogP contribution in [0.15, 0.2) is 22.8 Å². The number of aliphatic carboxylic acids is 1. The van der Waals surface area contributed by atoms with Crippen LogP contribution in [0.5, 0.6) is 0 Å². The van der Waals surface area contributed by atoms with E-state index in [0.717, 1.165) is 36.8 Å². The first-order valence-electron chi connectivity index (χ1n) is 14.3. The van der Waals surface area contributed by atoms with Crippen molar-refractivity contribution < 1.29 is 29.6 Å². The summed E-state index contributed by atoms with van der Waals surface area (Å²) < 4.78 is 5.87. The van der Waals surface area contributed by atoms with Gasteiger partial charge in [-0.05, 0) is 111 Å². The molecular weight excluding hydrogens is 468 g/mol. The van der Waals surface area contributed by atoms with Gasteiger partial charge in [-0.3, -0.25) is 4.79 Å². The predicted octanol–water partition coefficient (Wildman–Crippen LogP) is 5.67. The van der Waals surface area contributed by atoms with E-state index < -0.39 is 24.1 Å². The number of aliphatic hydroxyl groups is 2. The van der Waals surface area contributed by atoms with Crippen LogP contribution in [-0.4, -0.2) is 45.6 Å². The standard InChI is InChI=1S/C31H48O6/c1-17(2)9-8-10-20(28(35)36)26-22-15-24(34)27-29(5)13-12-23(33)18(3)21(29)11-14-30(27,6)31(22,7)16-25(26)37-19(4)32/h9,18,21-25,27,33-34H,8,10-16H2,1-7H3,(H,35,36)/t18-,21-,22+,23+,24?,25-,27?,29-,30-,31-/m0/s1. The second-order valence-corrected chi connectivity index (χ2v) is 13.6. The molecule has 4 fully saturated rings. The number of hydrogen-bond acceptors (Lipinski definition) is 5. The fraction of sp³-hybridized carbons (Fsp3) is 0.806. The third-order valence-electron chi connectivity index (χ3n) is 11.6. The highest BCUT2D eigenvalue weighted by Crippen LogP contribution is 2.74. The molecule has 0 aromatic carbocycles. The number of allylic oxidation sites excluding steroid dienone is 2. The first-order valence-corrected chi connectivity index (χ1v) is 14.3. The number of hydrogen-bond donors (Lipinski definition) is 3. The van der Waals surface area contributed by atoms with Crippen molar-refractivity contribution >= 4 is 11.9 Å². The van der Waals surface area contributed by atoms with Gasteiger partial charge in [-0.25, -0.2) is 4.79 Å². The highest BCUT2D eigenvalue weighted by molar-refractivity contribution is 5.88. The fourth-order valence-electron chi connectivity index (χ4n) is 9.79. The lowest BCUT2D eigenvalue weighted by Crippen LogP contribution is -2.65. The van der Waals surface area contributed by atoms with Gasteiger partial charge in [0, 0.05) is 12.5 Å². The molecule has 2 unspecified atom stereocenters. The number of carboxylic acids is 1. The Balaban J connectivity index is 1.82. The van der Waals surface area contributed by atoms with Crippen LogP contribution in [0, 0.1) is 39.9 Å². The Bertz CT molecular complexity index is 994. The van der Waals surface area contributed by atoms with Crippen molar-refractivity contribution in [3.8, 4) is 0 Å². The molecule has 4 aliphatic carbocycles. The molecule has 4 rings (SSSR count). The molecule has 6 heteroatoms. The van der Waals surface area contributed by atoms with E-state index in [1.165, 1.54) is 6.92 Å². The van der Waals surface area contributed by atoms with Gasteiger partial charge in [0.05, 0.1) is 12.2 Å². The lowest BCUT2D eigenvalue weighted by molar-refractivity contribution is -0.234. The number of rotatable bonds is 5. The number of carboxylic acid groups (broad SMARTS) is 1. The summed E-state index contributed by atoms with van der Waals surface area (Å²) in [5.41, 5.74) is 1.57. The molecule has 0 heterocycles. The lowest BCUT2D eigenvalue weighted by Gasteiger charge is -2.69. The van der Waals surface area contributed by atoms with Crippen molar-refractivity contribution in [2.24, 2.45) is 39.9 Å². The zero-order valence-electron chi connectivity index (χ0n) is 23.8. The van der Waals surface area contributed by atoms with Gasteiger partial charge in [-0.15, -0.1) is 0 Å². The van der Waals surface area contributed by atoms with Crippen LogP contribution in [0.25, 0.3) is 0 Å². The fourth-order valence-corrected chi connectivity index (χ4v) is 9.79. The summed E-state index contributed by atoms with van der Waals surface area (Å²) in [6.45, 7) is 14.5. The molecular formula is C31H48O6. The topological polar surface area (TPSA) is 104 Å². The molecule has 10 atom stereocenters. The second-order valence-electron chi connectivity index (χ2n) is 13.6. The summed E-state index contributed by atoms with van der Waals surface area (Å²) in [4.78, 5) is 24.8. The summed E-state index contributed by atoms with van der Waals surface area (Å²) in [5, 5.41) is 32.9. The van der Waals surface area contributed by atoms with E-state index in [0.29, 0.717) is 37.2 Å². The van der Waals surface area contributed by atoms with Crippen LogP contribution in [0.1, 0.15) is 99.8 Å². The molecule has 208 valence electrons. The Morgan fingerprint density at radius 1 is 1.03 bits per heavy atom. The van der Waals surface area contributed by atoms with Crippen molar-refractivity contribution in [2.75, 3.05) is 0 Å². The Hall–Kier alpha value is -1.66. The summed E-state index contributed by atoms with van der Waals surface area (Å²) in [7, 11) is 0. The number of aliphatic hydroxyl groups excluding tert-OH is 2. The maximum Gasteiger partial charge on any atom is 0.331 e. The largest absolute Gasteiger partial charge is 0.478 e. The number of esters is 1. The SMILES string of the molecule is CC(=O)O[C@H]1C[C@@]2(C)[C@H](CC(O)C3[C@]2(C)CC[C@H]2[C@H](C)[C@H](O)CC[C@]32C)C1=C(CCC=C(C)C)C(=O)O. The highest BCUT2D eigenvalue weighted by atomic mass is 16.5. The number of fused-ring (bicyclic) bond motifs is 5. The van der Waals surface area contributed by atoms with Gasteiger partial charge in [0.1, 0.15) is 6.10 Å². The second kappa shape index (κ2) is 9.82. The molecule has 0 bridgehead atoms. The first-order chi connectivity index (χ1) is 17.2. The maximum absolute atomic E-state index is 12.6. The average molecular weight is 517 g/mol. The summed E-state index contributed by atoms with van der Waals surface area (Å²) in [6, 6.07) is 0. The zero-order valence-corrected chi connectivity index (χ0v) is 23.8. The molecule has 0 saturated heterocycles. The Labute approximate surface area is 222 Å². The monoisotopic (exact) mass is 516 g/mol. The van der Waals surface area contributed by atoms with Gasteiger partial charge in [0.15, 0.2) is 0 Å². The predicted molar refractivity (Wildman–Crippen MR) is 143 cm³/mol. The van der Waals surface area contributed by atoms with Crippen LogP contribution >= 0.6 is 0 Å². The van der Waals surface area contributed by atoms with Crippen molar-refractivity contribution in [1.29, 1.82) is 0 Å². The minimum atomic E-state index is -0.953. The van der Waals surface area contributed by atoms with E-state index in [9.17, 15) is 24.9 Å². The first kappa shape index (κ1) is 28.4. The number of carbonyl (C=O) groups excluding carboxylic acids is 1. The minimum absolute atomic E-state index is 0.0474. The molecule has 0 spiro atoms. The van der Waals surface area contributed by atoms with Gasteiger partial charge in [0.2, 0.25) is 0 Å². The van der Waals surface area contributed by atoms with Crippen LogP contribution in [-0.2, 0) is 14.3 Å². The minimum Gasteiger partial charge on any atom is -0.478 e. The van der Waals surface area contributed by atoms with Crippen LogP contribution in [0.3, 0.4) is 0 Å². The molecule has 0 radical (unpaired) electrons. The Morgan fingerprint density at radius 2 is 1.70 bits per heavy atom. The summed E-state index contributed by atoms with van der Waals surface area (Å²) in [5.74, 6) is -0.909. The van der Waals surface area contributed by atoms with E-state index in [1.54, 1.807) is 0 Å². The van der Waals surface area contributed by atoms with E-state index >= 15 is 0 Å². The van der Waals surface area contributed by atoms with Crippen molar-refractivity contribution in [2.45, 2.75) is 118 Å². The van der Waals surface area contributed by atoms with Gasteiger partial charge in [0.25, 0.3) is 0 Å². The third-order valence-corrected chi connectivity index (χ3v) is 11.6. The van der Waals surface area contributed by atoms with E-state index in [4.69, 9.17) is 4.74 Å². The molecule has 0 aromatic rings. The zero-order chi connectivity index (χ0) is 27.5. The van der Waals surface area contributed by atoms with Gasteiger partial charge in [-0.2, -0.15) is 0 Å². The normalized spacial score (nSPS) is 46.2. The Kier molecular flexibility index (Phi) is 7.53. The Morgan fingerprint density at radius 3 is 2.30 bits per heavy atom. The molecule has 0 amide bonds. The molecule has 3 N–H and O–H groups in total. The van der Waals surface area contributed by atoms with Gasteiger partial charge >= 0.3 is 11.9 Å². The van der Waals surface area contributed by atoms with E-state index in [1.807, 2.05) is 19.9 Å². The van der Waals surface area contributed by atoms with Crippen LogP contribution < -0.4 is 0 Å². The molecule has 4 saturated carbocycles. The molecule has 0 aliphatic heterocycles. The lowest BCUT2D eigenvalue weighted by atomic mass is 9.36. The highest BCUT2D eigenvalue weighted by Gasteiger charge is 2.70. The van der Waals surface area contributed by atoms with Crippen LogP contribution in [0.4, 0.5) is 0 Å². The van der Waals surface area contributed by atoms with Crippen molar-refractivity contribution in [3.63, 3.8) is 0 Å².